The van der Waals surface area contributed by atoms with E-state index in [1.807, 2.05) is 26.0 Å². The average molecular weight is 274 g/mol. The first-order valence-corrected chi connectivity index (χ1v) is 7.03. The molecule has 0 saturated heterocycles. The van der Waals surface area contributed by atoms with Gasteiger partial charge in [0.25, 0.3) is 0 Å². The van der Waals surface area contributed by atoms with Gasteiger partial charge in [-0.25, -0.2) is 4.39 Å². The van der Waals surface area contributed by atoms with Gasteiger partial charge in [-0.15, -0.1) is 11.8 Å². The molecular weight excluding hydrogens is 259 g/mol. The monoisotopic (exact) mass is 274 g/mol. The van der Waals surface area contributed by atoms with Crippen LogP contribution in [0.25, 0.3) is 0 Å². The van der Waals surface area contributed by atoms with Crippen LogP contribution in [0.2, 0.25) is 0 Å². The molecule has 0 saturated carbocycles. The smallest absolute Gasteiger partial charge is 0.173 e. The molecule has 0 bridgehead atoms. The Morgan fingerprint density at radius 3 is 2.42 bits per heavy atom. The fourth-order valence-electron chi connectivity index (χ4n) is 1.82. The minimum Gasteiger partial charge on any atom is -0.293 e. The van der Waals surface area contributed by atoms with Crippen molar-refractivity contribution >= 4 is 17.5 Å². The van der Waals surface area contributed by atoms with E-state index in [-0.39, 0.29) is 11.6 Å². The molecule has 0 atom stereocenters. The van der Waals surface area contributed by atoms with Gasteiger partial charge in [0.1, 0.15) is 5.82 Å². The summed E-state index contributed by atoms with van der Waals surface area (Å²) in [7, 11) is 0. The fraction of sp³-hybridized carbons (Fsp3) is 0.188. The Balaban J connectivity index is 2.02. The molecule has 0 aliphatic rings. The fourth-order valence-corrected chi connectivity index (χ4v) is 2.73. The number of thioether (sulfide) groups is 1. The van der Waals surface area contributed by atoms with Crippen LogP contribution in [0.1, 0.15) is 21.5 Å². The lowest BCUT2D eigenvalue weighted by atomic mass is 10.1. The summed E-state index contributed by atoms with van der Waals surface area (Å²) in [5, 5.41) is 0. The van der Waals surface area contributed by atoms with Gasteiger partial charge in [0.2, 0.25) is 0 Å². The zero-order valence-electron chi connectivity index (χ0n) is 10.9. The quantitative estimate of drug-likeness (QED) is 0.606. The van der Waals surface area contributed by atoms with Crippen LogP contribution in [0, 0.1) is 19.7 Å². The third-order valence-electron chi connectivity index (χ3n) is 2.86. The number of benzene rings is 2. The Kier molecular flexibility index (Phi) is 4.38. The molecule has 0 heterocycles. The van der Waals surface area contributed by atoms with Crippen LogP contribution in [-0.4, -0.2) is 11.5 Å². The molecule has 2 aromatic rings. The van der Waals surface area contributed by atoms with E-state index in [9.17, 15) is 9.18 Å². The summed E-state index contributed by atoms with van der Waals surface area (Å²) < 4.78 is 12.8. The number of carbonyl (C=O) groups excluding carboxylic acids is 1. The normalized spacial score (nSPS) is 10.5. The highest BCUT2D eigenvalue weighted by Crippen LogP contribution is 2.24. The number of rotatable bonds is 4. The van der Waals surface area contributed by atoms with E-state index in [0.29, 0.717) is 11.3 Å². The van der Waals surface area contributed by atoms with Crippen LogP contribution in [0.3, 0.4) is 0 Å². The molecule has 0 spiro atoms. The minimum atomic E-state index is -0.321. The van der Waals surface area contributed by atoms with E-state index in [1.165, 1.54) is 47.2 Å². The highest BCUT2D eigenvalue weighted by atomic mass is 32.2. The van der Waals surface area contributed by atoms with Crippen molar-refractivity contribution < 1.29 is 9.18 Å². The molecule has 2 rings (SSSR count). The van der Waals surface area contributed by atoms with Gasteiger partial charge in [0.15, 0.2) is 5.78 Å². The Morgan fingerprint density at radius 1 is 1.11 bits per heavy atom. The lowest BCUT2D eigenvalue weighted by Gasteiger charge is -2.06. The first kappa shape index (κ1) is 13.8. The standard InChI is InChI=1S/C16H15FOS/c1-11-3-8-16(12(2)9-11)19-10-15(18)13-4-6-14(17)7-5-13/h3-9H,10H2,1-2H3. The lowest BCUT2D eigenvalue weighted by molar-refractivity contribution is 0.102. The van der Waals surface area contributed by atoms with Crippen LogP contribution in [0.15, 0.2) is 47.4 Å². The number of carbonyl (C=O) groups is 1. The number of Topliss-reactive ketones (excluding diaryl/α,β-unsaturated/α-hetero) is 1. The number of ketones is 1. The zero-order chi connectivity index (χ0) is 13.8. The van der Waals surface area contributed by atoms with Crippen LogP contribution in [0.4, 0.5) is 4.39 Å². The van der Waals surface area contributed by atoms with Crippen LogP contribution in [0.5, 0.6) is 0 Å². The summed E-state index contributed by atoms with van der Waals surface area (Å²) in [6.07, 6.45) is 0. The molecule has 0 unspecified atom stereocenters. The highest BCUT2D eigenvalue weighted by molar-refractivity contribution is 8.00. The SMILES string of the molecule is Cc1ccc(SCC(=O)c2ccc(F)cc2)c(C)c1. The Hall–Kier alpha value is -1.61. The molecule has 0 N–H and O–H groups in total. The topological polar surface area (TPSA) is 17.1 Å². The molecule has 2 aromatic carbocycles. The molecule has 0 fully saturated rings. The lowest BCUT2D eigenvalue weighted by Crippen LogP contribution is -2.02. The third kappa shape index (κ3) is 3.67. The number of halogens is 1. The summed E-state index contributed by atoms with van der Waals surface area (Å²) in [5.41, 5.74) is 2.95. The molecule has 0 aliphatic carbocycles. The van der Waals surface area contributed by atoms with E-state index < -0.39 is 0 Å². The van der Waals surface area contributed by atoms with Crippen molar-refractivity contribution in [3.05, 3.63) is 65.0 Å². The van der Waals surface area contributed by atoms with E-state index in [1.54, 1.807) is 0 Å². The Labute approximate surface area is 116 Å². The van der Waals surface area contributed by atoms with Crippen molar-refractivity contribution in [3.63, 3.8) is 0 Å². The number of hydrogen-bond acceptors (Lipinski definition) is 2. The van der Waals surface area contributed by atoms with Crippen LogP contribution < -0.4 is 0 Å². The maximum atomic E-state index is 12.8. The number of hydrogen-bond donors (Lipinski definition) is 0. The zero-order valence-corrected chi connectivity index (χ0v) is 11.8. The summed E-state index contributed by atoms with van der Waals surface area (Å²) in [6.45, 7) is 4.09. The molecule has 1 nitrogen and oxygen atoms in total. The maximum Gasteiger partial charge on any atom is 0.173 e. The first-order valence-electron chi connectivity index (χ1n) is 6.05. The molecule has 0 radical (unpaired) electrons. The summed E-state index contributed by atoms with van der Waals surface area (Å²) in [6, 6.07) is 11.9. The first-order chi connectivity index (χ1) is 9.06. The van der Waals surface area contributed by atoms with Crippen molar-refractivity contribution in [3.8, 4) is 0 Å². The average Bonchev–Trinajstić information content (AvgIpc) is 2.38. The minimum absolute atomic E-state index is 0.0185. The van der Waals surface area contributed by atoms with E-state index in [2.05, 4.69) is 6.07 Å². The Morgan fingerprint density at radius 2 is 1.79 bits per heavy atom. The largest absolute Gasteiger partial charge is 0.293 e. The van der Waals surface area contributed by atoms with Crippen molar-refractivity contribution in [2.24, 2.45) is 0 Å². The van der Waals surface area contributed by atoms with Gasteiger partial charge >= 0.3 is 0 Å². The molecule has 0 aromatic heterocycles. The van der Waals surface area contributed by atoms with Crippen molar-refractivity contribution in [1.29, 1.82) is 0 Å². The number of aryl methyl sites for hydroxylation is 2. The highest BCUT2D eigenvalue weighted by Gasteiger charge is 2.08. The molecule has 19 heavy (non-hydrogen) atoms. The van der Waals surface area contributed by atoms with Gasteiger partial charge in [-0.1, -0.05) is 17.7 Å². The second-order valence-corrected chi connectivity index (χ2v) is 5.50. The molecule has 0 amide bonds. The molecule has 0 aliphatic heterocycles. The molecule has 98 valence electrons. The van der Waals surface area contributed by atoms with Gasteiger partial charge < -0.3 is 0 Å². The summed E-state index contributed by atoms with van der Waals surface area (Å²) in [4.78, 5) is 13.1. The van der Waals surface area contributed by atoms with E-state index in [4.69, 9.17) is 0 Å². The summed E-state index contributed by atoms with van der Waals surface area (Å²) in [5.74, 6) is 0.0683. The van der Waals surface area contributed by atoms with Crippen molar-refractivity contribution in [2.45, 2.75) is 18.7 Å². The van der Waals surface area contributed by atoms with Gasteiger partial charge in [-0.05, 0) is 49.7 Å². The second kappa shape index (κ2) is 6.02. The van der Waals surface area contributed by atoms with Crippen LogP contribution in [-0.2, 0) is 0 Å². The van der Waals surface area contributed by atoms with E-state index in [0.717, 1.165) is 4.90 Å². The molecule has 3 heteroatoms. The Bertz CT molecular complexity index is 590. The maximum absolute atomic E-state index is 12.8. The second-order valence-electron chi connectivity index (χ2n) is 4.49. The van der Waals surface area contributed by atoms with Gasteiger partial charge in [-0.2, -0.15) is 0 Å². The van der Waals surface area contributed by atoms with Gasteiger partial charge in [0, 0.05) is 10.5 Å². The van der Waals surface area contributed by atoms with Gasteiger partial charge in [0.05, 0.1) is 5.75 Å². The predicted octanol–water partition coefficient (Wildman–Crippen LogP) is 4.42. The van der Waals surface area contributed by atoms with Crippen molar-refractivity contribution in [1.82, 2.24) is 0 Å². The predicted molar refractivity (Wildman–Crippen MR) is 77.4 cm³/mol. The van der Waals surface area contributed by atoms with E-state index >= 15 is 0 Å². The third-order valence-corrected chi connectivity index (χ3v) is 4.03. The van der Waals surface area contributed by atoms with Crippen molar-refractivity contribution in [2.75, 3.05) is 5.75 Å². The summed E-state index contributed by atoms with van der Waals surface area (Å²) >= 11 is 1.52. The molecular formula is C16H15FOS. The van der Waals surface area contributed by atoms with Crippen LogP contribution >= 0.6 is 11.8 Å². The van der Waals surface area contributed by atoms with Gasteiger partial charge in [-0.3, -0.25) is 4.79 Å².